The molecule has 3 heterocycles. The molecule has 2 fully saturated rings. The van der Waals surface area contributed by atoms with Gasteiger partial charge in [-0.1, -0.05) is 37.8 Å². The lowest BCUT2D eigenvalue weighted by Crippen LogP contribution is -2.34. The van der Waals surface area contributed by atoms with Crippen molar-refractivity contribution in [3.05, 3.63) is 88.7 Å². The molecule has 3 aromatic carbocycles. The van der Waals surface area contributed by atoms with Gasteiger partial charge in [-0.2, -0.15) is 0 Å². The molecule has 50 heavy (non-hydrogen) atoms. The summed E-state index contributed by atoms with van der Waals surface area (Å²) in [6, 6.07) is 16.7. The molecule has 1 aliphatic heterocycles. The van der Waals surface area contributed by atoms with E-state index in [9.17, 15) is 9.59 Å². The summed E-state index contributed by atoms with van der Waals surface area (Å²) in [4.78, 5) is 38.5. The van der Waals surface area contributed by atoms with Gasteiger partial charge in [-0.25, -0.2) is 9.37 Å². The number of anilines is 1. The van der Waals surface area contributed by atoms with Crippen LogP contribution in [0.25, 0.3) is 21.9 Å². The highest BCUT2D eigenvalue weighted by molar-refractivity contribution is 6.03. The second-order valence-corrected chi connectivity index (χ2v) is 13.1. The maximum Gasteiger partial charge on any atom is 0.282 e. The van der Waals surface area contributed by atoms with Gasteiger partial charge < -0.3 is 29.0 Å². The Labute approximate surface area is 290 Å². The number of para-hydroxylation sites is 2. The molecule has 0 unspecified atom stereocenters. The Morgan fingerprint density at radius 3 is 2.50 bits per heavy atom. The lowest BCUT2D eigenvalue weighted by Gasteiger charge is -2.26. The zero-order valence-corrected chi connectivity index (χ0v) is 28.3. The Bertz CT molecular complexity index is 2060. The summed E-state index contributed by atoms with van der Waals surface area (Å²) in [5.74, 6) is 0.0486. The highest BCUT2D eigenvalue weighted by Crippen LogP contribution is 2.38. The minimum atomic E-state index is -0.699. The van der Waals surface area contributed by atoms with Gasteiger partial charge in [0.25, 0.3) is 11.5 Å². The number of benzene rings is 3. The van der Waals surface area contributed by atoms with Crippen LogP contribution in [-0.4, -0.2) is 58.7 Å². The van der Waals surface area contributed by atoms with Crippen molar-refractivity contribution in [2.75, 3.05) is 38.7 Å². The van der Waals surface area contributed by atoms with Gasteiger partial charge in [-0.3, -0.25) is 14.6 Å². The number of amides is 1. The van der Waals surface area contributed by atoms with Gasteiger partial charge in [0.15, 0.2) is 28.8 Å². The van der Waals surface area contributed by atoms with E-state index in [4.69, 9.17) is 14.2 Å². The van der Waals surface area contributed by atoms with Crippen molar-refractivity contribution in [3.8, 4) is 23.0 Å². The number of halogens is 1. The van der Waals surface area contributed by atoms with Crippen LogP contribution in [0.4, 0.5) is 10.1 Å². The molecular formula is C39H42FN5O5. The van der Waals surface area contributed by atoms with Crippen LogP contribution in [0.3, 0.4) is 0 Å². The number of nitrogens with zero attached hydrogens (tertiary/aromatic N) is 4. The van der Waals surface area contributed by atoms with Gasteiger partial charge in [-0.15, -0.1) is 0 Å². The van der Waals surface area contributed by atoms with Gasteiger partial charge >= 0.3 is 0 Å². The number of carbonyl (C=O) groups excluding carboxylic acids is 1. The molecule has 0 atom stereocenters. The molecule has 0 radical (unpaired) electrons. The predicted octanol–water partition coefficient (Wildman–Crippen LogP) is 7.90. The van der Waals surface area contributed by atoms with E-state index in [2.05, 4.69) is 20.2 Å². The third kappa shape index (κ3) is 7.28. The van der Waals surface area contributed by atoms with Crippen LogP contribution >= 0.6 is 0 Å². The number of nitrogens with one attached hydrogen (secondary N) is 1. The summed E-state index contributed by atoms with van der Waals surface area (Å²) in [6.45, 7) is 3.85. The highest BCUT2D eigenvalue weighted by atomic mass is 19.1. The van der Waals surface area contributed by atoms with E-state index < -0.39 is 17.3 Å². The molecular weight excluding hydrogens is 637 g/mol. The van der Waals surface area contributed by atoms with Crippen LogP contribution in [0.1, 0.15) is 74.3 Å². The van der Waals surface area contributed by atoms with Gasteiger partial charge in [0.1, 0.15) is 5.75 Å². The molecule has 1 N–H and O–H groups in total. The van der Waals surface area contributed by atoms with E-state index in [1.165, 1.54) is 31.4 Å². The summed E-state index contributed by atoms with van der Waals surface area (Å²) in [6.07, 6.45) is 11.3. The first-order valence-corrected chi connectivity index (χ1v) is 17.6. The van der Waals surface area contributed by atoms with Crippen molar-refractivity contribution in [1.29, 1.82) is 0 Å². The molecule has 1 amide bonds. The number of rotatable bonds is 11. The first-order valence-electron chi connectivity index (χ1n) is 17.6. The quantitative estimate of drug-likeness (QED) is 0.141. The molecule has 7 rings (SSSR count). The van der Waals surface area contributed by atoms with Crippen molar-refractivity contribution >= 4 is 33.5 Å². The van der Waals surface area contributed by atoms with Crippen molar-refractivity contribution in [2.45, 2.75) is 63.8 Å². The number of aromatic nitrogens is 3. The average Bonchev–Trinajstić information content (AvgIpc) is 3.14. The maximum absolute atomic E-state index is 15.5. The number of carbonyl (C=O) groups is 1. The lowest BCUT2D eigenvalue weighted by atomic mass is 9.95. The molecule has 2 aromatic heterocycles. The first-order chi connectivity index (χ1) is 24.5. The Morgan fingerprint density at radius 1 is 0.900 bits per heavy atom. The molecule has 1 saturated carbocycles. The lowest BCUT2D eigenvalue weighted by molar-refractivity contribution is 0.102. The fourth-order valence-electron chi connectivity index (χ4n) is 7.12. The Morgan fingerprint density at radius 2 is 1.70 bits per heavy atom. The second-order valence-electron chi connectivity index (χ2n) is 13.1. The molecule has 1 aliphatic carbocycles. The van der Waals surface area contributed by atoms with Crippen molar-refractivity contribution < 1.29 is 23.4 Å². The van der Waals surface area contributed by atoms with E-state index in [0.717, 1.165) is 64.2 Å². The summed E-state index contributed by atoms with van der Waals surface area (Å²) < 4.78 is 34.9. The zero-order chi connectivity index (χ0) is 34.5. The maximum atomic E-state index is 15.5. The molecule has 2 aliphatic rings. The molecule has 10 nitrogen and oxygen atoms in total. The molecule has 11 heteroatoms. The minimum absolute atomic E-state index is 0.00208. The van der Waals surface area contributed by atoms with E-state index in [0.29, 0.717) is 45.8 Å². The largest absolute Gasteiger partial charge is 0.493 e. The fraction of sp³-hybridized carbons (Fsp3) is 0.385. The fourth-order valence-corrected chi connectivity index (χ4v) is 7.12. The second kappa shape index (κ2) is 15.2. The van der Waals surface area contributed by atoms with E-state index >= 15 is 4.39 Å². The third-order valence-corrected chi connectivity index (χ3v) is 9.67. The van der Waals surface area contributed by atoms with Crippen molar-refractivity contribution in [2.24, 2.45) is 0 Å². The normalized spacial score (nSPS) is 15.6. The topological polar surface area (TPSA) is 108 Å². The summed E-state index contributed by atoms with van der Waals surface area (Å²) >= 11 is 0. The van der Waals surface area contributed by atoms with E-state index in [1.54, 1.807) is 42.1 Å². The van der Waals surface area contributed by atoms with Gasteiger partial charge in [-0.05, 0) is 81.6 Å². The molecule has 260 valence electrons. The number of pyridine rings is 1. The first kappa shape index (κ1) is 33.5. The van der Waals surface area contributed by atoms with Crippen LogP contribution in [0.5, 0.6) is 23.0 Å². The van der Waals surface area contributed by atoms with Crippen LogP contribution in [-0.2, 0) is 0 Å². The highest BCUT2D eigenvalue weighted by Gasteiger charge is 2.24. The Kier molecular flexibility index (Phi) is 10.2. The molecule has 1 saturated heterocycles. The Balaban J connectivity index is 1.07. The molecule has 0 spiro atoms. The van der Waals surface area contributed by atoms with Crippen LogP contribution in [0, 0.1) is 5.82 Å². The Hall–Kier alpha value is -5.03. The van der Waals surface area contributed by atoms with Gasteiger partial charge in [0.2, 0.25) is 0 Å². The summed E-state index contributed by atoms with van der Waals surface area (Å²) in [7, 11) is 1.57. The zero-order valence-electron chi connectivity index (χ0n) is 28.3. The standard InChI is InChI=1S/C39H42FN5O5/c1-48-35-24-28-31(25-36(35)49-22-10-21-44-19-8-3-9-20-44)41-18-17-33(28)50-34-16-15-26(23-29(34)40)42-38(46)37-39(47)45(27-11-4-2-5-12-27)32-14-7-6-13-30(32)43-37/h6-7,13-18,23-25,27H,2-5,8-12,19-22H2,1H3,(H,42,46). The van der Waals surface area contributed by atoms with Crippen LogP contribution in [0.2, 0.25) is 0 Å². The van der Waals surface area contributed by atoms with E-state index in [1.807, 2.05) is 18.2 Å². The van der Waals surface area contributed by atoms with Crippen LogP contribution < -0.4 is 25.1 Å². The average molecular weight is 680 g/mol. The minimum Gasteiger partial charge on any atom is -0.493 e. The number of hydrogen-bond donors (Lipinski definition) is 1. The van der Waals surface area contributed by atoms with Gasteiger partial charge in [0.05, 0.1) is 30.3 Å². The van der Waals surface area contributed by atoms with Crippen molar-refractivity contribution in [3.63, 3.8) is 0 Å². The summed E-state index contributed by atoms with van der Waals surface area (Å²) in [5.41, 5.74) is 1.38. The predicted molar refractivity (Wildman–Crippen MR) is 191 cm³/mol. The van der Waals surface area contributed by atoms with Crippen LogP contribution in [0.15, 0.2) is 71.7 Å². The molecule has 5 aromatic rings. The number of ether oxygens (including phenoxy) is 3. The molecule has 0 bridgehead atoms. The van der Waals surface area contributed by atoms with Crippen molar-refractivity contribution in [1.82, 2.24) is 19.4 Å². The monoisotopic (exact) mass is 679 g/mol. The van der Waals surface area contributed by atoms with Gasteiger partial charge in [0, 0.05) is 42.0 Å². The number of fused-ring (bicyclic) bond motifs is 2. The number of piperidine rings is 1. The number of likely N-dealkylation sites (tertiary alicyclic amines) is 1. The number of methoxy groups -OCH3 is 1. The smallest absolute Gasteiger partial charge is 0.282 e. The number of hydrogen-bond acceptors (Lipinski definition) is 8. The van der Waals surface area contributed by atoms with E-state index in [-0.39, 0.29) is 23.2 Å². The third-order valence-electron chi connectivity index (χ3n) is 9.67. The SMILES string of the molecule is COc1cc2c(Oc3ccc(NC(=O)c4nc5ccccc5n(C5CCCCC5)c4=O)cc3F)ccnc2cc1OCCCN1CCCCC1. The summed E-state index contributed by atoms with van der Waals surface area (Å²) in [5, 5.41) is 3.29.